The number of carbonyl (C=O) groups is 1. The molecule has 0 aliphatic carbocycles. The maximum absolute atomic E-state index is 13.1. The molecule has 1 aliphatic heterocycles. The average molecular weight is 484 g/mol. The van der Waals surface area contributed by atoms with Crippen molar-refractivity contribution in [2.24, 2.45) is 0 Å². The molecule has 3 aromatic rings. The summed E-state index contributed by atoms with van der Waals surface area (Å²) in [6, 6.07) is 21.8. The molecule has 172 valence electrons. The number of anilines is 1. The minimum absolute atomic E-state index is 0.0801. The summed E-state index contributed by atoms with van der Waals surface area (Å²) < 4.78 is 28.3. The lowest BCUT2D eigenvalue weighted by Gasteiger charge is -2.37. The average Bonchev–Trinajstić information content (AvgIpc) is 2.84. The molecule has 33 heavy (non-hydrogen) atoms. The van der Waals surface area contributed by atoms with Gasteiger partial charge in [0.25, 0.3) is 5.91 Å². The van der Waals surface area contributed by atoms with E-state index < -0.39 is 10.0 Å². The van der Waals surface area contributed by atoms with Crippen molar-refractivity contribution in [1.29, 1.82) is 0 Å². The molecule has 3 aromatic carbocycles. The highest BCUT2D eigenvalue weighted by Gasteiger charge is 2.25. The predicted octanol–water partition coefficient (Wildman–Crippen LogP) is 4.09. The maximum Gasteiger partial charge on any atom is 0.254 e. The highest BCUT2D eigenvalue weighted by Crippen LogP contribution is 2.25. The molecule has 1 saturated heterocycles. The first-order valence-corrected chi connectivity index (χ1v) is 12.6. The molecule has 6 nitrogen and oxygen atoms in total. The summed E-state index contributed by atoms with van der Waals surface area (Å²) in [5.41, 5.74) is 3.52. The number of carbonyl (C=O) groups excluding carboxylic acids is 1. The van der Waals surface area contributed by atoms with Crippen molar-refractivity contribution >= 4 is 33.2 Å². The van der Waals surface area contributed by atoms with Crippen LogP contribution in [0.3, 0.4) is 0 Å². The van der Waals surface area contributed by atoms with Gasteiger partial charge in [-0.15, -0.1) is 0 Å². The van der Waals surface area contributed by atoms with E-state index in [9.17, 15) is 13.2 Å². The zero-order chi connectivity index (χ0) is 23.4. The number of amides is 1. The van der Waals surface area contributed by atoms with Crippen LogP contribution in [0.15, 0.2) is 77.7 Å². The number of nitrogens with one attached hydrogen (secondary N) is 1. The number of rotatable bonds is 6. The van der Waals surface area contributed by atoms with Gasteiger partial charge in [0.05, 0.1) is 5.02 Å². The normalized spacial score (nSPS) is 14.4. The molecule has 1 aliphatic rings. The second-order valence-electron chi connectivity index (χ2n) is 8.02. The number of piperazine rings is 1. The van der Waals surface area contributed by atoms with Crippen LogP contribution in [0.2, 0.25) is 5.02 Å². The smallest absolute Gasteiger partial charge is 0.254 e. The third-order valence-corrected chi connectivity index (χ3v) is 7.68. The Balaban J connectivity index is 1.46. The molecule has 0 atom stereocenters. The summed E-state index contributed by atoms with van der Waals surface area (Å²) in [5.74, 6) is -0.199. The topological polar surface area (TPSA) is 69.7 Å². The summed E-state index contributed by atoms with van der Waals surface area (Å²) in [4.78, 5) is 17.1. The van der Waals surface area contributed by atoms with Gasteiger partial charge in [0.2, 0.25) is 10.0 Å². The fourth-order valence-electron chi connectivity index (χ4n) is 3.95. The fourth-order valence-corrected chi connectivity index (χ4v) is 5.49. The van der Waals surface area contributed by atoms with Crippen LogP contribution >= 0.6 is 11.6 Å². The van der Waals surface area contributed by atoms with Gasteiger partial charge in [0, 0.05) is 44.0 Å². The van der Waals surface area contributed by atoms with Crippen molar-refractivity contribution in [3.8, 4) is 0 Å². The first-order valence-electron chi connectivity index (χ1n) is 10.8. The molecule has 0 spiro atoms. The molecule has 0 unspecified atom stereocenters. The van der Waals surface area contributed by atoms with E-state index in [1.165, 1.54) is 23.4 Å². The van der Waals surface area contributed by atoms with Crippen molar-refractivity contribution in [2.75, 3.05) is 31.1 Å². The van der Waals surface area contributed by atoms with Crippen molar-refractivity contribution in [2.45, 2.75) is 18.4 Å². The summed E-state index contributed by atoms with van der Waals surface area (Å²) in [6.45, 7) is 4.77. The zero-order valence-electron chi connectivity index (χ0n) is 18.4. The molecule has 0 saturated carbocycles. The van der Waals surface area contributed by atoms with Crippen molar-refractivity contribution < 1.29 is 13.2 Å². The van der Waals surface area contributed by atoms with Gasteiger partial charge in [-0.3, -0.25) is 4.79 Å². The van der Waals surface area contributed by atoms with Crippen LogP contribution in [0.25, 0.3) is 0 Å². The Morgan fingerprint density at radius 1 is 0.939 bits per heavy atom. The molecule has 4 rings (SSSR count). The fraction of sp³-hybridized carbons (Fsp3) is 0.240. The number of aryl methyl sites for hydroxylation is 1. The van der Waals surface area contributed by atoms with E-state index in [-0.39, 0.29) is 22.4 Å². The van der Waals surface area contributed by atoms with E-state index in [4.69, 9.17) is 11.6 Å². The van der Waals surface area contributed by atoms with Crippen LogP contribution < -0.4 is 9.62 Å². The lowest BCUT2D eigenvalue weighted by Crippen LogP contribution is -2.49. The summed E-state index contributed by atoms with van der Waals surface area (Å²) >= 11 is 6.20. The van der Waals surface area contributed by atoms with Crippen LogP contribution in [-0.4, -0.2) is 45.4 Å². The number of hydrogen-bond donors (Lipinski definition) is 1. The first kappa shape index (κ1) is 23.3. The summed E-state index contributed by atoms with van der Waals surface area (Å²) in [5, 5.41) is 0.0801. The quantitative estimate of drug-likeness (QED) is 0.573. The molecule has 1 heterocycles. The van der Waals surface area contributed by atoms with Gasteiger partial charge in [0.15, 0.2) is 0 Å². The van der Waals surface area contributed by atoms with E-state index in [2.05, 4.69) is 28.7 Å². The Morgan fingerprint density at radius 2 is 1.61 bits per heavy atom. The SMILES string of the molecule is Cc1ccccc1N1CCN(C(=O)c2ccc(Cl)c(S(=O)(=O)NCc3ccccc3)c2)CC1. The minimum Gasteiger partial charge on any atom is -0.368 e. The van der Waals surface area contributed by atoms with Gasteiger partial charge in [-0.25, -0.2) is 13.1 Å². The van der Waals surface area contributed by atoms with Crippen LogP contribution in [-0.2, 0) is 16.6 Å². The highest BCUT2D eigenvalue weighted by molar-refractivity contribution is 7.89. The van der Waals surface area contributed by atoms with Gasteiger partial charge >= 0.3 is 0 Å². The second-order valence-corrected chi connectivity index (χ2v) is 10.2. The Hall–Kier alpha value is -2.87. The van der Waals surface area contributed by atoms with E-state index in [0.717, 1.165) is 5.56 Å². The maximum atomic E-state index is 13.1. The molecule has 0 aromatic heterocycles. The Labute approximate surface area is 199 Å². The number of benzene rings is 3. The Bertz CT molecular complexity index is 1240. The van der Waals surface area contributed by atoms with Crippen molar-refractivity contribution in [3.63, 3.8) is 0 Å². The van der Waals surface area contributed by atoms with E-state index in [0.29, 0.717) is 31.7 Å². The van der Waals surface area contributed by atoms with E-state index in [1.54, 1.807) is 11.0 Å². The lowest BCUT2D eigenvalue weighted by molar-refractivity contribution is 0.0746. The van der Waals surface area contributed by atoms with Gasteiger partial charge in [-0.2, -0.15) is 0 Å². The van der Waals surface area contributed by atoms with Gasteiger partial charge < -0.3 is 9.80 Å². The molecule has 8 heteroatoms. The molecular formula is C25H26ClN3O3S. The standard InChI is InChI=1S/C25H26ClN3O3S/c1-19-7-5-6-10-23(19)28-13-15-29(16-14-28)25(30)21-11-12-22(26)24(17-21)33(31,32)27-18-20-8-3-2-4-9-20/h2-12,17,27H,13-16,18H2,1H3. The van der Waals surface area contributed by atoms with Gasteiger partial charge in [-0.05, 0) is 42.3 Å². The molecule has 1 amide bonds. The molecular weight excluding hydrogens is 458 g/mol. The number of halogens is 1. The minimum atomic E-state index is -3.89. The number of hydrogen-bond acceptors (Lipinski definition) is 4. The molecule has 1 fully saturated rings. The second kappa shape index (κ2) is 9.95. The third kappa shape index (κ3) is 5.38. The van der Waals surface area contributed by atoms with Gasteiger partial charge in [0.1, 0.15) is 4.90 Å². The number of nitrogens with zero attached hydrogens (tertiary/aromatic N) is 2. The van der Waals surface area contributed by atoms with Crippen LogP contribution in [0.1, 0.15) is 21.5 Å². The van der Waals surface area contributed by atoms with Crippen LogP contribution in [0.5, 0.6) is 0 Å². The number of para-hydroxylation sites is 1. The Morgan fingerprint density at radius 3 is 2.30 bits per heavy atom. The first-order chi connectivity index (χ1) is 15.8. The van der Waals surface area contributed by atoms with E-state index in [1.807, 2.05) is 42.5 Å². The molecule has 0 radical (unpaired) electrons. The zero-order valence-corrected chi connectivity index (χ0v) is 19.9. The van der Waals surface area contributed by atoms with Crippen molar-refractivity contribution in [1.82, 2.24) is 9.62 Å². The summed E-state index contributed by atoms with van der Waals surface area (Å²) in [6.07, 6.45) is 0. The number of sulfonamides is 1. The predicted molar refractivity (Wildman–Crippen MR) is 131 cm³/mol. The Kier molecular flexibility index (Phi) is 7.02. The molecule has 0 bridgehead atoms. The third-order valence-electron chi connectivity index (χ3n) is 5.80. The monoisotopic (exact) mass is 483 g/mol. The van der Waals surface area contributed by atoms with Gasteiger partial charge in [-0.1, -0.05) is 60.1 Å². The lowest BCUT2D eigenvalue weighted by atomic mass is 10.1. The largest absolute Gasteiger partial charge is 0.368 e. The van der Waals surface area contributed by atoms with E-state index >= 15 is 0 Å². The molecule has 1 N–H and O–H groups in total. The highest BCUT2D eigenvalue weighted by atomic mass is 35.5. The van der Waals surface area contributed by atoms with Crippen LogP contribution in [0.4, 0.5) is 5.69 Å². The van der Waals surface area contributed by atoms with Crippen LogP contribution in [0, 0.1) is 6.92 Å². The summed E-state index contributed by atoms with van der Waals surface area (Å²) in [7, 11) is -3.89. The van der Waals surface area contributed by atoms with Crippen molar-refractivity contribution in [3.05, 3.63) is 94.5 Å².